The Balaban J connectivity index is 1.58. The van der Waals surface area contributed by atoms with Crippen molar-refractivity contribution < 1.29 is 13.5 Å². The zero-order valence-electron chi connectivity index (χ0n) is 13.8. The predicted molar refractivity (Wildman–Crippen MR) is 99.4 cm³/mol. The molecule has 0 aliphatic carbocycles. The highest BCUT2D eigenvalue weighted by Crippen LogP contribution is 2.22. The third-order valence-electron chi connectivity index (χ3n) is 4.16. The van der Waals surface area contributed by atoms with Crippen LogP contribution in [0.25, 0.3) is 0 Å². The van der Waals surface area contributed by atoms with Gasteiger partial charge >= 0.3 is 0 Å². The van der Waals surface area contributed by atoms with E-state index < -0.39 is 11.6 Å². The summed E-state index contributed by atoms with van der Waals surface area (Å²) in [5.41, 5.74) is 1.28. The Morgan fingerprint density at radius 3 is 2.52 bits per heavy atom. The second-order valence-electron chi connectivity index (χ2n) is 5.73. The van der Waals surface area contributed by atoms with E-state index in [0.717, 1.165) is 30.6 Å². The normalized spacial score (nSPS) is 14.4. The largest absolute Gasteiger partial charge is 0.497 e. The Morgan fingerprint density at radius 1 is 1.08 bits per heavy atom. The van der Waals surface area contributed by atoms with Gasteiger partial charge in [-0.3, -0.25) is 0 Å². The second kappa shape index (κ2) is 7.65. The molecule has 0 radical (unpaired) electrons. The number of rotatable bonds is 3. The molecule has 2 aromatic rings. The molecule has 1 saturated heterocycles. The number of hydrogen-bond donors (Lipinski definition) is 1. The van der Waals surface area contributed by atoms with Crippen LogP contribution < -0.4 is 15.0 Å². The fourth-order valence-corrected chi connectivity index (χ4v) is 3.05. The first-order valence-corrected chi connectivity index (χ1v) is 8.37. The van der Waals surface area contributed by atoms with Crippen LogP contribution in [0, 0.1) is 11.6 Å². The fourth-order valence-electron chi connectivity index (χ4n) is 2.76. The minimum atomic E-state index is -0.655. The van der Waals surface area contributed by atoms with E-state index in [1.165, 1.54) is 12.1 Å². The van der Waals surface area contributed by atoms with Crippen LogP contribution in [0.1, 0.15) is 0 Å². The monoisotopic (exact) mass is 363 g/mol. The number of ether oxygens (including phenoxy) is 1. The average molecular weight is 363 g/mol. The van der Waals surface area contributed by atoms with Gasteiger partial charge in [0.25, 0.3) is 0 Å². The zero-order chi connectivity index (χ0) is 17.8. The maximum absolute atomic E-state index is 13.7. The van der Waals surface area contributed by atoms with Crippen molar-refractivity contribution in [1.29, 1.82) is 0 Å². The smallest absolute Gasteiger partial charge is 0.173 e. The van der Waals surface area contributed by atoms with Crippen LogP contribution in [0.4, 0.5) is 20.2 Å². The number of hydrogen-bond acceptors (Lipinski definition) is 3. The van der Waals surface area contributed by atoms with Gasteiger partial charge in [-0.25, -0.2) is 8.78 Å². The van der Waals surface area contributed by atoms with Crippen molar-refractivity contribution in [3.05, 3.63) is 54.1 Å². The number of nitrogens with zero attached hydrogens (tertiary/aromatic N) is 2. The Morgan fingerprint density at radius 2 is 1.84 bits per heavy atom. The Bertz CT molecular complexity index is 764. The topological polar surface area (TPSA) is 27.7 Å². The number of halogens is 2. The van der Waals surface area contributed by atoms with Crippen LogP contribution in [0.5, 0.6) is 5.75 Å². The molecule has 3 rings (SSSR count). The van der Waals surface area contributed by atoms with Crippen LogP contribution in [0.3, 0.4) is 0 Å². The molecule has 0 amide bonds. The van der Waals surface area contributed by atoms with Crippen LogP contribution in [0.15, 0.2) is 42.5 Å². The lowest BCUT2D eigenvalue weighted by Crippen LogP contribution is -2.50. The van der Waals surface area contributed by atoms with Crippen molar-refractivity contribution in [2.24, 2.45) is 0 Å². The van der Waals surface area contributed by atoms with Crippen LogP contribution in [-0.4, -0.2) is 43.3 Å². The minimum absolute atomic E-state index is 0.182. The Kier molecular flexibility index (Phi) is 5.33. The molecule has 0 spiro atoms. The lowest BCUT2D eigenvalue weighted by atomic mass is 10.2. The van der Waals surface area contributed by atoms with Crippen molar-refractivity contribution in [2.45, 2.75) is 0 Å². The third kappa shape index (κ3) is 4.17. The molecule has 0 aromatic heterocycles. The number of anilines is 2. The van der Waals surface area contributed by atoms with Crippen molar-refractivity contribution in [3.63, 3.8) is 0 Å². The summed E-state index contributed by atoms with van der Waals surface area (Å²) in [4.78, 5) is 4.23. The first-order valence-electron chi connectivity index (χ1n) is 7.97. The van der Waals surface area contributed by atoms with Gasteiger partial charge in [0.05, 0.1) is 12.8 Å². The van der Waals surface area contributed by atoms with Crippen molar-refractivity contribution in [3.8, 4) is 5.75 Å². The average Bonchev–Trinajstić information content (AvgIpc) is 2.64. The van der Waals surface area contributed by atoms with E-state index in [1.807, 2.05) is 29.2 Å². The quantitative estimate of drug-likeness (QED) is 0.843. The van der Waals surface area contributed by atoms with Gasteiger partial charge in [-0.1, -0.05) is 6.07 Å². The van der Waals surface area contributed by atoms with E-state index in [4.69, 9.17) is 17.0 Å². The molecule has 1 aliphatic heterocycles. The fraction of sp³-hybridized carbons (Fsp3) is 0.278. The molecule has 1 heterocycles. The Hall–Kier alpha value is -2.41. The summed E-state index contributed by atoms with van der Waals surface area (Å²) in [6.45, 7) is 3.01. The summed E-state index contributed by atoms with van der Waals surface area (Å²) >= 11 is 5.36. The van der Waals surface area contributed by atoms with Gasteiger partial charge in [0.15, 0.2) is 5.11 Å². The first-order chi connectivity index (χ1) is 12.1. The molecular weight excluding hydrogens is 344 g/mol. The zero-order valence-corrected chi connectivity index (χ0v) is 14.7. The standard InChI is InChI=1S/C18H19F2N3OS/c1-24-15-4-2-3-14(12-15)22-7-9-23(10-8-22)18(25)21-17-6-5-13(19)11-16(17)20/h2-6,11-12H,7-10H2,1H3,(H,21,25). The van der Waals surface area contributed by atoms with Gasteiger partial charge in [0, 0.05) is 44.0 Å². The van der Waals surface area contributed by atoms with Gasteiger partial charge in [-0.05, 0) is 36.5 Å². The highest BCUT2D eigenvalue weighted by Gasteiger charge is 2.20. The van der Waals surface area contributed by atoms with Crippen molar-refractivity contribution in [1.82, 2.24) is 4.90 Å². The van der Waals surface area contributed by atoms with E-state index >= 15 is 0 Å². The van der Waals surface area contributed by atoms with Crippen molar-refractivity contribution in [2.75, 3.05) is 43.5 Å². The molecule has 2 aromatic carbocycles. The van der Waals surface area contributed by atoms with E-state index in [2.05, 4.69) is 10.2 Å². The third-order valence-corrected chi connectivity index (χ3v) is 4.52. The summed E-state index contributed by atoms with van der Waals surface area (Å²) in [7, 11) is 1.65. The van der Waals surface area contributed by atoms with E-state index in [0.29, 0.717) is 18.2 Å². The predicted octanol–water partition coefficient (Wildman–Crippen LogP) is 3.49. The molecule has 25 heavy (non-hydrogen) atoms. The molecule has 0 atom stereocenters. The summed E-state index contributed by atoms with van der Waals surface area (Å²) in [6.07, 6.45) is 0. The minimum Gasteiger partial charge on any atom is -0.497 e. The van der Waals surface area contributed by atoms with Crippen molar-refractivity contribution >= 4 is 28.7 Å². The molecule has 0 saturated carbocycles. The highest BCUT2D eigenvalue weighted by molar-refractivity contribution is 7.80. The number of piperazine rings is 1. The van der Waals surface area contributed by atoms with Gasteiger partial charge < -0.3 is 19.9 Å². The van der Waals surface area contributed by atoms with Gasteiger partial charge in [-0.2, -0.15) is 0 Å². The summed E-state index contributed by atoms with van der Waals surface area (Å²) in [5, 5.41) is 3.30. The van der Waals surface area contributed by atoms with Crippen LogP contribution in [0.2, 0.25) is 0 Å². The van der Waals surface area contributed by atoms with E-state index in [-0.39, 0.29) is 5.69 Å². The van der Waals surface area contributed by atoms with Crippen LogP contribution >= 0.6 is 12.2 Å². The highest BCUT2D eigenvalue weighted by atomic mass is 32.1. The van der Waals surface area contributed by atoms with E-state index in [9.17, 15) is 8.78 Å². The van der Waals surface area contributed by atoms with Gasteiger partial charge in [0.2, 0.25) is 0 Å². The summed E-state index contributed by atoms with van der Waals surface area (Å²) in [6, 6.07) is 11.3. The SMILES string of the molecule is COc1cccc(N2CCN(C(=S)Nc3ccc(F)cc3F)CC2)c1. The number of methoxy groups -OCH3 is 1. The maximum Gasteiger partial charge on any atom is 0.173 e. The first kappa shape index (κ1) is 17.4. The lowest BCUT2D eigenvalue weighted by molar-refractivity contribution is 0.389. The number of thiocarbonyl (C=S) groups is 1. The molecule has 1 fully saturated rings. The maximum atomic E-state index is 13.7. The molecule has 1 aliphatic rings. The summed E-state index contributed by atoms with van der Waals surface area (Å²) in [5.74, 6) is -0.442. The second-order valence-corrected chi connectivity index (χ2v) is 6.12. The summed E-state index contributed by atoms with van der Waals surface area (Å²) < 4.78 is 32.0. The van der Waals surface area contributed by atoms with Crippen LogP contribution in [-0.2, 0) is 0 Å². The molecule has 1 N–H and O–H groups in total. The lowest BCUT2D eigenvalue weighted by Gasteiger charge is -2.37. The molecule has 7 heteroatoms. The number of nitrogens with one attached hydrogen (secondary N) is 1. The molecule has 4 nitrogen and oxygen atoms in total. The van der Waals surface area contributed by atoms with Gasteiger partial charge in [0.1, 0.15) is 17.4 Å². The molecule has 132 valence electrons. The molecule has 0 unspecified atom stereocenters. The van der Waals surface area contributed by atoms with E-state index in [1.54, 1.807) is 7.11 Å². The molecule has 0 bridgehead atoms. The number of benzene rings is 2. The van der Waals surface area contributed by atoms with Gasteiger partial charge in [-0.15, -0.1) is 0 Å². The molecular formula is C18H19F2N3OS. The Labute approximate surface area is 151 Å².